The molecule has 1 saturated heterocycles. The molecule has 0 spiro atoms. The van der Waals surface area contributed by atoms with Crippen LogP contribution in [0, 0.1) is 11.6 Å². The number of benzene rings is 3. The number of carbonyl (C=O) groups is 2. The van der Waals surface area contributed by atoms with Gasteiger partial charge in [0.15, 0.2) is 18.4 Å². The van der Waals surface area contributed by atoms with Gasteiger partial charge in [-0.05, 0) is 39.9 Å². The minimum absolute atomic E-state index is 0.000227. The second kappa shape index (κ2) is 8.07. The van der Waals surface area contributed by atoms with Gasteiger partial charge in [-0.1, -0.05) is 54.6 Å². The first-order valence-electron chi connectivity index (χ1n) is 10.2. The number of nitrogens with zero attached hydrogens (tertiary/aromatic N) is 1. The Labute approximate surface area is 183 Å². The molecule has 5 rings (SSSR count). The molecular weight excluding hydrogens is 416 g/mol. The summed E-state index contributed by atoms with van der Waals surface area (Å²) in [5.74, 6) is -2.71. The highest BCUT2D eigenvalue weighted by Gasteiger charge is 2.39. The van der Waals surface area contributed by atoms with Crippen molar-refractivity contribution in [1.29, 1.82) is 0 Å². The van der Waals surface area contributed by atoms with E-state index in [9.17, 15) is 18.4 Å². The third-order valence-electron chi connectivity index (χ3n) is 5.98. The normalized spacial score (nSPS) is 17.1. The lowest BCUT2D eigenvalue weighted by molar-refractivity contribution is -0.139. The summed E-state index contributed by atoms with van der Waals surface area (Å²) < 4.78 is 37.4. The van der Waals surface area contributed by atoms with Gasteiger partial charge in [-0.3, -0.25) is 4.90 Å². The summed E-state index contributed by atoms with van der Waals surface area (Å²) >= 11 is 0. The van der Waals surface area contributed by atoms with E-state index in [4.69, 9.17) is 9.47 Å². The Bertz CT molecular complexity index is 1170. The molecule has 1 fully saturated rings. The number of hydrogen-bond acceptors (Lipinski definition) is 4. The third-order valence-corrected chi connectivity index (χ3v) is 5.98. The number of esters is 1. The molecule has 3 aromatic rings. The molecule has 0 aromatic heterocycles. The predicted molar refractivity (Wildman–Crippen MR) is 112 cm³/mol. The Morgan fingerprint density at radius 1 is 0.969 bits per heavy atom. The number of rotatable bonds is 4. The maximum Gasteiger partial charge on any atom is 0.413 e. The molecule has 3 aromatic carbocycles. The van der Waals surface area contributed by atoms with Crippen LogP contribution in [0.4, 0.5) is 13.6 Å². The highest BCUT2D eigenvalue weighted by Crippen LogP contribution is 2.44. The Hall–Kier alpha value is -3.74. The van der Waals surface area contributed by atoms with Crippen LogP contribution in [0.25, 0.3) is 11.1 Å². The minimum Gasteiger partial charge on any atom is -0.448 e. The Kier molecular flexibility index (Phi) is 5.09. The number of halogens is 2. The van der Waals surface area contributed by atoms with Crippen molar-refractivity contribution in [2.45, 2.75) is 18.4 Å². The first kappa shape index (κ1) is 20.2. The summed E-state index contributed by atoms with van der Waals surface area (Å²) in [6.45, 7) is -0.140. The highest BCUT2D eigenvalue weighted by molar-refractivity contribution is 5.84. The quantitative estimate of drug-likeness (QED) is 0.561. The third kappa shape index (κ3) is 3.49. The van der Waals surface area contributed by atoms with Crippen molar-refractivity contribution in [3.05, 3.63) is 95.1 Å². The van der Waals surface area contributed by atoms with E-state index < -0.39 is 29.7 Å². The maximum atomic E-state index is 13.5. The van der Waals surface area contributed by atoms with E-state index >= 15 is 0 Å². The minimum atomic E-state index is -1.01. The summed E-state index contributed by atoms with van der Waals surface area (Å²) in [4.78, 5) is 26.2. The van der Waals surface area contributed by atoms with Gasteiger partial charge in [0.05, 0.1) is 0 Å². The summed E-state index contributed by atoms with van der Waals surface area (Å²) in [5, 5.41) is 0. The fourth-order valence-electron chi connectivity index (χ4n) is 4.39. The van der Waals surface area contributed by atoms with E-state index in [1.807, 2.05) is 48.5 Å². The lowest BCUT2D eigenvalue weighted by Crippen LogP contribution is -2.40. The molecule has 0 bridgehead atoms. The van der Waals surface area contributed by atoms with Crippen LogP contribution in [0.2, 0.25) is 0 Å². The molecule has 1 atom stereocenters. The molecule has 1 heterocycles. The Morgan fingerprint density at radius 2 is 1.62 bits per heavy atom. The van der Waals surface area contributed by atoms with Crippen LogP contribution in [-0.2, 0) is 20.7 Å². The van der Waals surface area contributed by atoms with Crippen LogP contribution in [0.1, 0.15) is 22.6 Å². The molecule has 162 valence electrons. The highest BCUT2D eigenvalue weighted by atomic mass is 19.2. The molecule has 1 aliphatic heterocycles. The summed E-state index contributed by atoms with van der Waals surface area (Å²) in [7, 11) is 0. The van der Waals surface area contributed by atoms with Gasteiger partial charge in [0.1, 0.15) is 12.6 Å². The van der Waals surface area contributed by atoms with E-state index in [0.29, 0.717) is 5.56 Å². The molecule has 1 aliphatic carbocycles. The second-order valence-electron chi connectivity index (χ2n) is 7.83. The van der Waals surface area contributed by atoms with Crippen LogP contribution in [0.5, 0.6) is 0 Å². The van der Waals surface area contributed by atoms with Crippen molar-refractivity contribution in [3.63, 3.8) is 0 Å². The van der Waals surface area contributed by atoms with E-state index in [-0.39, 0.29) is 25.7 Å². The molecule has 0 radical (unpaired) electrons. The molecular formula is C25H19F2NO4. The van der Waals surface area contributed by atoms with E-state index in [1.165, 1.54) is 11.0 Å². The van der Waals surface area contributed by atoms with Crippen molar-refractivity contribution >= 4 is 12.1 Å². The predicted octanol–water partition coefficient (Wildman–Crippen LogP) is 4.64. The van der Waals surface area contributed by atoms with Gasteiger partial charge in [0.2, 0.25) is 0 Å². The molecule has 2 aliphatic rings. The Morgan fingerprint density at radius 3 is 2.28 bits per heavy atom. The molecule has 1 amide bonds. The first-order valence-corrected chi connectivity index (χ1v) is 10.2. The van der Waals surface area contributed by atoms with Crippen LogP contribution in [0.3, 0.4) is 0 Å². The zero-order chi connectivity index (χ0) is 22.2. The zero-order valence-corrected chi connectivity index (χ0v) is 17.0. The van der Waals surface area contributed by atoms with Gasteiger partial charge >= 0.3 is 12.1 Å². The van der Waals surface area contributed by atoms with Crippen molar-refractivity contribution < 1.29 is 27.8 Å². The van der Waals surface area contributed by atoms with E-state index in [1.54, 1.807) is 0 Å². The van der Waals surface area contributed by atoms with E-state index in [2.05, 4.69) is 0 Å². The molecule has 5 nitrogen and oxygen atoms in total. The van der Waals surface area contributed by atoms with E-state index in [0.717, 1.165) is 34.4 Å². The summed E-state index contributed by atoms with van der Waals surface area (Å²) in [6, 6.07) is 18.4. The van der Waals surface area contributed by atoms with Crippen LogP contribution < -0.4 is 0 Å². The number of hydrogen-bond donors (Lipinski definition) is 0. The zero-order valence-electron chi connectivity index (χ0n) is 17.0. The number of amides is 1. The number of carbonyl (C=O) groups excluding carboxylic acids is 2. The van der Waals surface area contributed by atoms with Crippen molar-refractivity contribution in [2.24, 2.45) is 0 Å². The van der Waals surface area contributed by atoms with Gasteiger partial charge in [0.25, 0.3) is 0 Å². The SMILES string of the molecule is O=C1OCN(C(=O)OCC2c3ccccc3-c3ccccc32)C1Cc1ccc(F)c(F)c1. The summed E-state index contributed by atoms with van der Waals surface area (Å²) in [6.07, 6.45) is -0.689. The lowest BCUT2D eigenvalue weighted by Gasteiger charge is -2.21. The fraction of sp³-hybridized carbons (Fsp3) is 0.200. The first-order chi connectivity index (χ1) is 15.5. The average molecular weight is 435 g/mol. The molecule has 32 heavy (non-hydrogen) atoms. The monoisotopic (exact) mass is 435 g/mol. The van der Waals surface area contributed by atoms with Gasteiger partial charge < -0.3 is 9.47 Å². The van der Waals surface area contributed by atoms with Crippen LogP contribution >= 0.6 is 0 Å². The smallest absolute Gasteiger partial charge is 0.413 e. The number of fused-ring (bicyclic) bond motifs is 3. The van der Waals surface area contributed by atoms with Crippen molar-refractivity contribution in [2.75, 3.05) is 13.3 Å². The number of cyclic esters (lactones) is 1. The standard InChI is InChI=1S/C25H19F2NO4/c26-21-10-9-15(11-22(21)27)12-23-24(29)32-14-28(23)25(30)31-13-20-18-7-3-1-5-16(18)17-6-2-4-8-19(17)20/h1-11,20,23H,12-14H2. The molecule has 0 saturated carbocycles. The topological polar surface area (TPSA) is 55.8 Å². The van der Waals surface area contributed by atoms with Gasteiger partial charge in [0, 0.05) is 12.3 Å². The van der Waals surface area contributed by atoms with Crippen LogP contribution in [0.15, 0.2) is 66.7 Å². The van der Waals surface area contributed by atoms with Gasteiger partial charge in [-0.15, -0.1) is 0 Å². The lowest BCUT2D eigenvalue weighted by atomic mass is 9.98. The number of ether oxygens (including phenoxy) is 2. The van der Waals surface area contributed by atoms with Gasteiger partial charge in [-0.25, -0.2) is 18.4 Å². The van der Waals surface area contributed by atoms with Crippen LogP contribution in [-0.4, -0.2) is 36.3 Å². The summed E-state index contributed by atoms with van der Waals surface area (Å²) in [5.41, 5.74) is 4.76. The molecule has 1 unspecified atom stereocenters. The molecule has 0 N–H and O–H groups in total. The van der Waals surface area contributed by atoms with Crippen molar-refractivity contribution in [1.82, 2.24) is 4.90 Å². The molecule has 7 heteroatoms. The fourth-order valence-corrected chi connectivity index (χ4v) is 4.39. The maximum absolute atomic E-state index is 13.5. The largest absolute Gasteiger partial charge is 0.448 e. The second-order valence-corrected chi connectivity index (χ2v) is 7.83. The Balaban J connectivity index is 1.31. The average Bonchev–Trinajstić information content (AvgIpc) is 3.32. The van der Waals surface area contributed by atoms with Crippen molar-refractivity contribution in [3.8, 4) is 11.1 Å². The van der Waals surface area contributed by atoms with Gasteiger partial charge in [-0.2, -0.15) is 0 Å².